The van der Waals surface area contributed by atoms with Gasteiger partial charge in [-0.15, -0.1) is 0 Å². The first-order valence-corrected chi connectivity index (χ1v) is 11.4. The molecule has 4 heteroatoms. The number of allylic oxidation sites excluding steroid dienone is 2. The van der Waals surface area contributed by atoms with Crippen molar-refractivity contribution in [3.05, 3.63) is 53.6 Å². The Labute approximate surface area is 180 Å². The lowest BCUT2D eigenvalue weighted by atomic mass is 9.70. The van der Waals surface area contributed by atoms with Crippen LogP contribution in [0.1, 0.15) is 56.6 Å². The molecule has 0 bridgehead atoms. The van der Waals surface area contributed by atoms with Crippen LogP contribution >= 0.6 is 0 Å². The SMILES string of the molecule is CCCC(=O)C1C=CC(F)(N(C)C2CCC3(CC2)Cc2ccc(OC)cc2C3)C=C1. The predicted octanol–water partition coefficient (Wildman–Crippen LogP) is 5.43. The third kappa shape index (κ3) is 3.99. The minimum atomic E-state index is -1.59. The average Bonchev–Trinajstić information content (AvgIpc) is 3.11. The van der Waals surface area contributed by atoms with Gasteiger partial charge in [-0.1, -0.05) is 25.1 Å². The van der Waals surface area contributed by atoms with Gasteiger partial charge in [0.2, 0.25) is 5.79 Å². The molecule has 0 aromatic heterocycles. The van der Waals surface area contributed by atoms with Gasteiger partial charge in [0.25, 0.3) is 0 Å². The molecule has 0 saturated heterocycles. The number of hydrogen-bond acceptors (Lipinski definition) is 3. The van der Waals surface area contributed by atoms with Crippen LogP contribution in [0.15, 0.2) is 42.5 Å². The standard InChI is InChI=1S/C26H34FNO2/c1-4-5-24(29)19-8-14-26(27,15-9-19)28(2)22-10-12-25(13-11-22)17-20-6-7-23(30-3)16-21(20)18-25/h6-9,14-16,19,22H,4-5,10-13,17-18H2,1-3H3. The quantitative estimate of drug-likeness (QED) is 0.462. The monoisotopic (exact) mass is 411 g/mol. The fourth-order valence-electron chi connectivity index (χ4n) is 5.63. The van der Waals surface area contributed by atoms with Gasteiger partial charge in [0.05, 0.1) is 13.0 Å². The van der Waals surface area contributed by atoms with Gasteiger partial charge in [-0.2, -0.15) is 0 Å². The number of hydrogen-bond donors (Lipinski definition) is 0. The third-order valence-electron chi connectivity index (χ3n) is 7.59. The highest BCUT2D eigenvalue weighted by Crippen LogP contribution is 2.49. The highest BCUT2D eigenvalue weighted by molar-refractivity contribution is 5.84. The topological polar surface area (TPSA) is 29.5 Å². The van der Waals surface area contributed by atoms with Gasteiger partial charge in [0.15, 0.2) is 0 Å². The summed E-state index contributed by atoms with van der Waals surface area (Å²) in [6.07, 6.45) is 14.6. The number of ketones is 1. The Balaban J connectivity index is 1.37. The van der Waals surface area contributed by atoms with E-state index in [2.05, 4.69) is 18.2 Å². The van der Waals surface area contributed by atoms with Crippen LogP contribution in [0.2, 0.25) is 0 Å². The molecule has 4 rings (SSSR count). The van der Waals surface area contributed by atoms with E-state index < -0.39 is 5.79 Å². The van der Waals surface area contributed by atoms with E-state index in [1.165, 1.54) is 11.1 Å². The molecule has 1 aromatic rings. The van der Waals surface area contributed by atoms with Crippen LogP contribution in [0.25, 0.3) is 0 Å². The number of halogens is 1. The minimum absolute atomic E-state index is 0.173. The normalized spacial score (nSPS) is 32.6. The zero-order chi connectivity index (χ0) is 21.4. The zero-order valence-electron chi connectivity index (χ0n) is 18.5. The lowest BCUT2D eigenvalue weighted by Gasteiger charge is -2.44. The number of carbonyl (C=O) groups is 1. The Morgan fingerprint density at radius 2 is 1.83 bits per heavy atom. The van der Waals surface area contributed by atoms with Gasteiger partial charge in [0, 0.05) is 12.5 Å². The maximum Gasteiger partial charge on any atom is 0.201 e. The molecular weight excluding hydrogens is 377 g/mol. The van der Waals surface area contributed by atoms with Crippen molar-refractivity contribution in [3.63, 3.8) is 0 Å². The summed E-state index contributed by atoms with van der Waals surface area (Å²) in [5.74, 6) is -0.757. The van der Waals surface area contributed by atoms with Crippen LogP contribution in [0, 0.1) is 11.3 Å². The summed E-state index contributed by atoms with van der Waals surface area (Å²) in [7, 11) is 3.61. The molecule has 0 amide bonds. The van der Waals surface area contributed by atoms with Crippen molar-refractivity contribution in [2.45, 2.75) is 70.1 Å². The highest BCUT2D eigenvalue weighted by atomic mass is 19.1. The van der Waals surface area contributed by atoms with E-state index in [9.17, 15) is 4.79 Å². The number of methoxy groups -OCH3 is 1. The van der Waals surface area contributed by atoms with Crippen LogP contribution < -0.4 is 4.74 Å². The van der Waals surface area contributed by atoms with Crippen molar-refractivity contribution in [1.29, 1.82) is 0 Å². The molecule has 162 valence electrons. The molecule has 0 atom stereocenters. The first kappa shape index (κ1) is 21.3. The van der Waals surface area contributed by atoms with Gasteiger partial charge < -0.3 is 4.74 Å². The number of benzene rings is 1. The van der Waals surface area contributed by atoms with Crippen LogP contribution in [0.5, 0.6) is 5.75 Å². The molecule has 1 aromatic carbocycles. The van der Waals surface area contributed by atoms with Gasteiger partial charge >= 0.3 is 0 Å². The first-order valence-electron chi connectivity index (χ1n) is 11.4. The molecule has 3 aliphatic rings. The molecule has 0 radical (unpaired) electrons. The van der Waals surface area contributed by atoms with Crippen molar-refractivity contribution < 1.29 is 13.9 Å². The maximum absolute atomic E-state index is 15.7. The third-order valence-corrected chi connectivity index (χ3v) is 7.59. The Bertz CT molecular complexity index is 837. The fourth-order valence-corrected chi connectivity index (χ4v) is 5.63. The van der Waals surface area contributed by atoms with Crippen LogP contribution in [-0.4, -0.2) is 36.7 Å². The summed E-state index contributed by atoms with van der Waals surface area (Å²) in [6, 6.07) is 6.68. The summed E-state index contributed by atoms with van der Waals surface area (Å²) in [5, 5.41) is 0. The van der Waals surface area contributed by atoms with Crippen molar-refractivity contribution >= 4 is 5.78 Å². The van der Waals surface area contributed by atoms with E-state index in [0.717, 1.165) is 50.7 Å². The smallest absolute Gasteiger partial charge is 0.201 e. The predicted molar refractivity (Wildman–Crippen MR) is 118 cm³/mol. The fraction of sp³-hybridized carbons (Fsp3) is 0.577. The number of likely N-dealkylation sites (N-methyl/N-ethyl adjacent to an activating group) is 1. The van der Waals surface area contributed by atoms with Gasteiger partial charge in [-0.05, 0) is 92.8 Å². The molecular formula is C26H34FNO2. The van der Waals surface area contributed by atoms with E-state index in [1.807, 2.05) is 18.9 Å². The largest absolute Gasteiger partial charge is 0.497 e. The first-order chi connectivity index (χ1) is 14.4. The number of Topliss-reactive ketones (excluding diaryl/α,β-unsaturated/α-hetero) is 1. The number of ether oxygens (including phenoxy) is 1. The number of fused-ring (bicyclic) bond motifs is 1. The van der Waals surface area contributed by atoms with Gasteiger partial charge in [-0.25, -0.2) is 4.39 Å². The molecule has 3 aliphatic carbocycles. The number of rotatable bonds is 6. The van der Waals surface area contributed by atoms with Crippen molar-refractivity contribution in [2.24, 2.45) is 11.3 Å². The van der Waals surface area contributed by atoms with E-state index in [4.69, 9.17) is 4.74 Å². The molecule has 1 saturated carbocycles. The Kier molecular flexibility index (Phi) is 5.89. The Hall–Kier alpha value is -1.94. The molecule has 1 fully saturated rings. The zero-order valence-corrected chi connectivity index (χ0v) is 18.5. The van der Waals surface area contributed by atoms with Gasteiger partial charge in [-0.3, -0.25) is 9.69 Å². The van der Waals surface area contributed by atoms with Crippen LogP contribution in [-0.2, 0) is 17.6 Å². The minimum Gasteiger partial charge on any atom is -0.497 e. The summed E-state index contributed by atoms with van der Waals surface area (Å²) in [4.78, 5) is 14.0. The molecule has 0 unspecified atom stereocenters. The van der Waals surface area contributed by atoms with E-state index >= 15 is 4.39 Å². The number of carbonyl (C=O) groups excluding carboxylic acids is 1. The van der Waals surface area contributed by atoms with Crippen LogP contribution in [0.4, 0.5) is 4.39 Å². The second-order valence-corrected chi connectivity index (χ2v) is 9.52. The molecule has 30 heavy (non-hydrogen) atoms. The van der Waals surface area contributed by atoms with E-state index in [1.54, 1.807) is 31.4 Å². The molecule has 1 spiro atoms. The summed E-state index contributed by atoms with van der Waals surface area (Å²) in [6.45, 7) is 2.00. The highest BCUT2D eigenvalue weighted by Gasteiger charge is 2.44. The summed E-state index contributed by atoms with van der Waals surface area (Å²) >= 11 is 0. The van der Waals surface area contributed by atoms with Crippen LogP contribution in [0.3, 0.4) is 0 Å². The maximum atomic E-state index is 15.7. The molecule has 0 aliphatic heterocycles. The lowest BCUT2D eigenvalue weighted by molar-refractivity contribution is -0.120. The number of alkyl halides is 1. The van der Waals surface area contributed by atoms with Crippen molar-refractivity contribution in [3.8, 4) is 5.75 Å². The lowest BCUT2D eigenvalue weighted by Crippen LogP contribution is -2.49. The summed E-state index contributed by atoms with van der Waals surface area (Å²) in [5.41, 5.74) is 3.19. The van der Waals surface area contributed by atoms with Crippen molar-refractivity contribution in [1.82, 2.24) is 4.90 Å². The second kappa shape index (κ2) is 8.30. The Morgan fingerprint density at radius 3 is 2.47 bits per heavy atom. The Morgan fingerprint density at radius 1 is 1.17 bits per heavy atom. The second-order valence-electron chi connectivity index (χ2n) is 9.52. The number of nitrogens with zero attached hydrogens (tertiary/aromatic N) is 1. The van der Waals surface area contributed by atoms with E-state index in [0.29, 0.717) is 11.8 Å². The van der Waals surface area contributed by atoms with Gasteiger partial charge in [0.1, 0.15) is 11.5 Å². The molecule has 0 heterocycles. The summed E-state index contributed by atoms with van der Waals surface area (Å²) < 4.78 is 21.1. The molecule has 3 nitrogen and oxygen atoms in total. The van der Waals surface area contributed by atoms with Crippen molar-refractivity contribution in [2.75, 3.05) is 14.2 Å². The average molecular weight is 412 g/mol. The van der Waals surface area contributed by atoms with E-state index in [-0.39, 0.29) is 17.7 Å². The molecule has 0 N–H and O–H groups in total.